The van der Waals surface area contributed by atoms with E-state index in [1.165, 1.54) is 11.3 Å². The highest BCUT2D eigenvalue weighted by Gasteiger charge is 2.12. The number of carbonyl (C=O) groups is 2. The summed E-state index contributed by atoms with van der Waals surface area (Å²) in [4.78, 5) is 26.6. The first-order chi connectivity index (χ1) is 7.13. The van der Waals surface area contributed by atoms with Crippen molar-refractivity contribution in [3.05, 3.63) is 16.1 Å². The van der Waals surface area contributed by atoms with Gasteiger partial charge in [-0.05, 0) is 13.8 Å². The Morgan fingerprint density at radius 3 is 2.73 bits per heavy atom. The minimum atomic E-state index is -0.334. The Balaban J connectivity index is 2.40. The van der Waals surface area contributed by atoms with Crippen LogP contribution in [0.3, 0.4) is 0 Å². The molecule has 1 aromatic heterocycles. The molecule has 15 heavy (non-hydrogen) atoms. The van der Waals surface area contributed by atoms with Crippen molar-refractivity contribution in [3.8, 4) is 0 Å². The van der Waals surface area contributed by atoms with Gasteiger partial charge in [-0.3, -0.25) is 9.59 Å². The Hall–Kier alpha value is -1.23. The summed E-state index contributed by atoms with van der Waals surface area (Å²) in [5.41, 5.74) is 0.833. The number of Topliss-reactive ketones (excluding diaryl/α,β-unsaturated/α-hetero) is 1. The first-order valence-corrected chi connectivity index (χ1v) is 5.62. The maximum Gasteiger partial charge on any atom is 0.306 e. The van der Waals surface area contributed by atoms with Crippen LogP contribution in [-0.2, 0) is 9.53 Å². The Morgan fingerprint density at radius 2 is 2.20 bits per heavy atom. The highest BCUT2D eigenvalue weighted by Crippen LogP contribution is 2.12. The summed E-state index contributed by atoms with van der Waals surface area (Å²) in [5.74, 6) is -0.430. The number of aryl methyl sites for hydroxylation is 1. The minimum absolute atomic E-state index is 0.0962. The molecule has 0 spiro atoms. The quantitative estimate of drug-likeness (QED) is 0.570. The molecule has 0 aliphatic carbocycles. The van der Waals surface area contributed by atoms with Crippen molar-refractivity contribution in [1.82, 2.24) is 4.98 Å². The number of carbonyl (C=O) groups excluding carboxylic acids is 2. The number of hydrogen-bond acceptors (Lipinski definition) is 5. The van der Waals surface area contributed by atoms with E-state index in [-0.39, 0.29) is 24.6 Å². The lowest BCUT2D eigenvalue weighted by Gasteiger charge is -1.99. The Morgan fingerprint density at radius 1 is 1.47 bits per heavy atom. The predicted molar refractivity (Wildman–Crippen MR) is 57.0 cm³/mol. The lowest BCUT2D eigenvalue weighted by atomic mass is 10.2. The van der Waals surface area contributed by atoms with Gasteiger partial charge < -0.3 is 4.74 Å². The molecular weight excluding hydrogens is 214 g/mol. The highest BCUT2D eigenvalue weighted by molar-refractivity contribution is 7.11. The van der Waals surface area contributed by atoms with Crippen molar-refractivity contribution in [2.24, 2.45) is 0 Å². The van der Waals surface area contributed by atoms with Crippen LogP contribution in [0.1, 0.15) is 35.3 Å². The zero-order valence-electron chi connectivity index (χ0n) is 8.78. The van der Waals surface area contributed by atoms with Gasteiger partial charge in [-0.1, -0.05) is 0 Å². The normalized spacial score (nSPS) is 10.0. The zero-order valence-corrected chi connectivity index (χ0v) is 9.60. The molecule has 0 radical (unpaired) electrons. The molecule has 0 saturated heterocycles. The number of hydrogen-bond donors (Lipinski definition) is 0. The van der Waals surface area contributed by atoms with Gasteiger partial charge in [-0.25, -0.2) is 4.98 Å². The molecule has 0 fully saturated rings. The number of rotatable bonds is 5. The van der Waals surface area contributed by atoms with Crippen molar-refractivity contribution < 1.29 is 14.3 Å². The second-order valence-corrected chi connectivity index (χ2v) is 3.88. The van der Waals surface area contributed by atoms with Gasteiger partial charge in [0.05, 0.1) is 13.0 Å². The highest BCUT2D eigenvalue weighted by atomic mass is 32.1. The third-order valence-corrected chi connectivity index (χ3v) is 2.72. The molecule has 0 aromatic carbocycles. The Kier molecular flexibility index (Phi) is 4.42. The molecule has 0 saturated carbocycles. The number of ketones is 1. The van der Waals surface area contributed by atoms with Crippen molar-refractivity contribution in [1.29, 1.82) is 0 Å². The van der Waals surface area contributed by atoms with Gasteiger partial charge in [-0.2, -0.15) is 0 Å². The standard InChI is InChI=1S/C10H13NO3S/c1-3-14-9(13)5-4-8(12)10-11-7(2)6-15-10/h6H,3-5H2,1-2H3. The van der Waals surface area contributed by atoms with Crippen LogP contribution in [0, 0.1) is 6.92 Å². The second kappa shape index (κ2) is 5.60. The van der Waals surface area contributed by atoms with Crippen molar-refractivity contribution in [3.63, 3.8) is 0 Å². The molecule has 1 aromatic rings. The summed E-state index contributed by atoms with van der Waals surface area (Å²) < 4.78 is 4.73. The lowest BCUT2D eigenvalue weighted by molar-refractivity contribution is -0.143. The van der Waals surface area contributed by atoms with E-state index < -0.39 is 0 Å². The predicted octanol–water partition coefficient (Wildman–Crippen LogP) is 1.98. The van der Waals surface area contributed by atoms with E-state index in [9.17, 15) is 9.59 Å². The molecule has 5 heteroatoms. The number of esters is 1. The summed E-state index contributed by atoms with van der Waals surface area (Å²) in [6.07, 6.45) is 0.303. The van der Waals surface area contributed by atoms with Gasteiger partial charge in [0.15, 0.2) is 10.8 Å². The van der Waals surface area contributed by atoms with Crippen LogP contribution in [0.15, 0.2) is 5.38 Å². The van der Waals surface area contributed by atoms with Gasteiger partial charge in [0.1, 0.15) is 0 Å². The lowest BCUT2D eigenvalue weighted by Crippen LogP contribution is -2.07. The van der Waals surface area contributed by atoms with Crippen LogP contribution in [0.25, 0.3) is 0 Å². The van der Waals surface area contributed by atoms with E-state index in [4.69, 9.17) is 4.74 Å². The molecule has 0 amide bonds. The van der Waals surface area contributed by atoms with E-state index >= 15 is 0 Å². The third kappa shape index (κ3) is 3.79. The third-order valence-electron chi connectivity index (χ3n) is 1.72. The maximum atomic E-state index is 11.5. The Labute approximate surface area is 92.3 Å². The molecule has 0 aliphatic heterocycles. The SMILES string of the molecule is CCOC(=O)CCC(=O)c1nc(C)cs1. The number of nitrogens with zero attached hydrogens (tertiary/aromatic N) is 1. The molecule has 4 nitrogen and oxygen atoms in total. The smallest absolute Gasteiger partial charge is 0.306 e. The van der Waals surface area contributed by atoms with Crippen LogP contribution < -0.4 is 0 Å². The average molecular weight is 227 g/mol. The van der Waals surface area contributed by atoms with Crippen molar-refractivity contribution >= 4 is 23.1 Å². The van der Waals surface area contributed by atoms with E-state index in [2.05, 4.69) is 4.98 Å². The van der Waals surface area contributed by atoms with Crippen LogP contribution in [0.5, 0.6) is 0 Å². The summed E-state index contributed by atoms with van der Waals surface area (Å²) >= 11 is 1.31. The van der Waals surface area contributed by atoms with Gasteiger partial charge in [0.2, 0.25) is 0 Å². The Bertz CT molecular complexity index is 359. The number of thiazole rings is 1. The first-order valence-electron chi connectivity index (χ1n) is 4.74. The van der Waals surface area contributed by atoms with Gasteiger partial charge in [-0.15, -0.1) is 11.3 Å². The minimum Gasteiger partial charge on any atom is -0.466 e. The summed E-state index contributed by atoms with van der Waals surface area (Å²) in [7, 11) is 0. The summed E-state index contributed by atoms with van der Waals surface area (Å²) in [6, 6.07) is 0. The van der Waals surface area contributed by atoms with Crippen LogP contribution in [-0.4, -0.2) is 23.3 Å². The fourth-order valence-electron chi connectivity index (χ4n) is 1.04. The first kappa shape index (κ1) is 11.8. The van der Waals surface area contributed by atoms with E-state index in [1.54, 1.807) is 6.92 Å². The molecule has 0 unspecified atom stereocenters. The van der Waals surface area contributed by atoms with Crippen LogP contribution in [0.2, 0.25) is 0 Å². The molecule has 82 valence electrons. The van der Waals surface area contributed by atoms with E-state index in [1.807, 2.05) is 12.3 Å². The van der Waals surface area contributed by atoms with Gasteiger partial charge in [0, 0.05) is 17.5 Å². The van der Waals surface area contributed by atoms with Crippen molar-refractivity contribution in [2.45, 2.75) is 26.7 Å². The van der Waals surface area contributed by atoms with Crippen LogP contribution in [0.4, 0.5) is 0 Å². The molecule has 0 bridgehead atoms. The summed E-state index contributed by atoms with van der Waals surface area (Å²) in [5, 5.41) is 2.29. The monoisotopic (exact) mass is 227 g/mol. The molecule has 1 rings (SSSR count). The topological polar surface area (TPSA) is 56.3 Å². The van der Waals surface area contributed by atoms with E-state index in [0.717, 1.165) is 5.69 Å². The average Bonchev–Trinajstić information content (AvgIpc) is 2.62. The molecular formula is C10H13NO3S. The fraction of sp³-hybridized carbons (Fsp3) is 0.500. The maximum absolute atomic E-state index is 11.5. The molecule has 0 aliphatic rings. The number of aromatic nitrogens is 1. The van der Waals surface area contributed by atoms with E-state index in [0.29, 0.717) is 11.6 Å². The van der Waals surface area contributed by atoms with Gasteiger partial charge in [0.25, 0.3) is 0 Å². The number of ether oxygens (including phenoxy) is 1. The molecule has 1 heterocycles. The second-order valence-electron chi connectivity index (χ2n) is 3.02. The largest absolute Gasteiger partial charge is 0.466 e. The molecule has 0 atom stereocenters. The summed E-state index contributed by atoms with van der Waals surface area (Å²) in [6.45, 7) is 3.92. The fourth-order valence-corrected chi connectivity index (χ4v) is 1.80. The van der Waals surface area contributed by atoms with Gasteiger partial charge >= 0.3 is 5.97 Å². The zero-order chi connectivity index (χ0) is 11.3. The van der Waals surface area contributed by atoms with Crippen LogP contribution >= 0.6 is 11.3 Å². The molecule has 0 N–H and O–H groups in total. The van der Waals surface area contributed by atoms with Crippen molar-refractivity contribution in [2.75, 3.05) is 6.61 Å².